The molecule has 2 amide bonds. The van der Waals surface area contributed by atoms with E-state index in [0.29, 0.717) is 23.7 Å². The van der Waals surface area contributed by atoms with E-state index in [1.165, 1.54) is 16.9 Å². The number of furan rings is 1. The van der Waals surface area contributed by atoms with E-state index >= 15 is 0 Å². The van der Waals surface area contributed by atoms with Crippen LogP contribution in [-0.4, -0.2) is 42.3 Å². The number of nitrogens with zero attached hydrogens (tertiary/aromatic N) is 2. The number of amides is 2. The van der Waals surface area contributed by atoms with Gasteiger partial charge in [0.2, 0.25) is 5.91 Å². The summed E-state index contributed by atoms with van der Waals surface area (Å²) in [4.78, 5) is 41.6. The molecule has 1 unspecified atom stereocenters. The summed E-state index contributed by atoms with van der Waals surface area (Å²) in [6, 6.07) is 15.4. The Hall–Kier alpha value is -3.52. The highest BCUT2D eigenvalue weighted by atomic mass is 32.2. The van der Waals surface area contributed by atoms with Gasteiger partial charge in [-0.05, 0) is 87.1 Å². The van der Waals surface area contributed by atoms with Gasteiger partial charge < -0.3 is 19.5 Å². The Balaban J connectivity index is 1.39. The summed E-state index contributed by atoms with van der Waals surface area (Å²) in [5.41, 5.74) is 5.82. The van der Waals surface area contributed by atoms with Crippen molar-refractivity contribution in [1.29, 1.82) is 0 Å². The molecule has 3 aromatic rings. The van der Waals surface area contributed by atoms with Gasteiger partial charge in [-0.25, -0.2) is 0 Å². The molecule has 0 radical (unpaired) electrons. The van der Waals surface area contributed by atoms with Crippen molar-refractivity contribution < 1.29 is 18.8 Å². The second kappa shape index (κ2) is 11.7. The predicted molar refractivity (Wildman–Crippen MR) is 155 cm³/mol. The first-order valence-corrected chi connectivity index (χ1v) is 14.6. The van der Waals surface area contributed by atoms with Gasteiger partial charge in [-0.3, -0.25) is 14.4 Å². The van der Waals surface area contributed by atoms with Gasteiger partial charge in [0, 0.05) is 42.3 Å². The quantitative estimate of drug-likeness (QED) is 0.409. The molecule has 5 rings (SSSR count). The summed E-state index contributed by atoms with van der Waals surface area (Å²) in [7, 11) is 0. The van der Waals surface area contributed by atoms with Crippen molar-refractivity contribution in [2.45, 2.75) is 52.5 Å². The number of benzene rings is 2. The molecule has 2 saturated heterocycles. The zero-order chi connectivity index (χ0) is 27.5. The number of nitrogens with one attached hydrogen (secondary N) is 1. The molecular weight excluding hydrogens is 510 g/mol. The van der Waals surface area contributed by atoms with Gasteiger partial charge in [-0.1, -0.05) is 30.0 Å². The van der Waals surface area contributed by atoms with Gasteiger partial charge in [0.1, 0.15) is 17.6 Å². The SMILES string of the molecule is Cc1ccc(C(NC(=O)Cc2ccc(N3CCSC(=O)C3=O)cc2C)c2ccc(C)o2)c(N2CCCCC2)c1. The molecular formula is C31H35N3O4S. The van der Waals surface area contributed by atoms with Crippen molar-refractivity contribution in [3.05, 3.63) is 82.3 Å². The largest absolute Gasteiger partial charge is 0.464 e. The smallest absolute Gasteiger partial charge is 0.305 e. The lowest BCUT2D eigenvalue weighted by atomic mass is 9.97. The Kier molecular flexibility index (Phi) is 8.12. The minimum atomic E-state index is -0.490. The van der Waals surface area contributed by atoms with E-state index in [1.54, 1.807) is 0 Å². The van der Waals surface area contributed by atoms with Crippen molar-refractivity contribution >= 4 is 40.1 Å². The minimum Gasteiger partial charge on any atom is -0.464 e. The van der Waals surface area contributed by atoms with Crippen LogP contribution in [0, 0.1) is 20.8 Å². The van der Waals surface area contributed by atoms with E-state index in [0.717, 1.165) is 65.8 Å². The van der Waals surface area contributed by atoms with Crippen LogP contribution in [0.3, 0.4) is 0 Å². The Bertz CT molecular complexity index is 1390. The second-order valence-electron chi connectivity index (χ2n) is 10.4. The third-order valence-corrected chi connectivity index (χ3v) is 8.32. The molecule has 0 aliphatic carbocycles. The number of hydrogen-bond acceptors (Lipinski definition) is 6. The van der Waals surface area contributed by atoms with E-state index in [-0.39, 0.29) is 12.3 Å². The number of aryl methyl sites for hydroxylation is 3. The standard InChI is InChI=1S/C31H35N3O4S/c1-20-7-11-25(26(17-20)33-13-5-4-6-14-33)29(27-12-8-22(3)38-27)32-28(35)19-23-9-10-24(18-21(23)2)34-15-16-39-31(37)30(34)36/h7-12,17-18,29H,4-6,13-16,19H2,1-3H3,(H,32,35). The summed E-state index contributed by atoms with van der Waals surface area (Å²) >= 11 is 1.06. The molecule has 39 heavy (non-hydrogen) atoms. The van der Waals surface area contributed by atoms with Gasteiger partial charge in [0.25, 0.3) is 5.12 Å². The average molecular weight is 546 g/mol. The van der Waals surface area contributed by atoms with Gasteiger partial charge in [0.15, 0.2) is 0 Å². The number of thioether (sulfide) groups is 1. The topological polar surface area (TPSA) is 82.9 Å². The summed E-state index contributed by atoms with van der Waals surface area (Å²) in [5, 5.41) is 2.83. The van der Waals surface area contributed by atoms with E-state index in [2.05, 4.69) is 35.3 Å². The van der Waals surface area contributed by atoms with E-state index in [4.69, 9.17) is 4.42 Å². The summed E-state index contributed by atoms with van der Waals surface area (Å²) < 4.78 is 6.05. The van der Waals surface area contributed by atoms with Gasteiger partial charge in [-0.2, -0.15) is 0 Å². The summed E-state index contributed by atoms with van der Waals surface area (Å²) in [6.45, 7) is 8.44. The maximum atomic E-state index is 13.5. The van der Waals surface area contributed by atoms with E-state index in [1.807, 2.05) is 44.2 Å². The average Bonchev–Trinajstić information content (AvgIpc) is 3.36. The van der Waals surface area contributed by atoms with Crippen LogP contribution in [0.4, 0.5) is 11.4 Å². The fourth-order valence-electron chi connectivity index (χ4n) is 5.40. The third kappa shape index (κ3) is 6.06. The lowest BCUT2D eigenvalue weighted by Gasteiger charge is -2.33. The molecule has 0 bridgehead atoms. The monoisotopic (exact) mass is 545 g/mol. The number of carbonyl (C=O) groups excluding carboxylic acids is 3. The summed E-state index contributed by atoms with van der Waals surface area (Å²) in [6.07, 6.45) is 3.76. The summed E-state index contributed by atoms with van der Waals surface area (Å²) in [5.74, 6) is 1.48. The molecule has 1 N–H and O–H groups in total. The Morgan fingerprint density at radius 3 is 2.49 bits per heavy atom. The fourth-order valence-corrected chi connectivity index (χ4v) is 6.09. The van der Waals surface area contributed by atoms with Crippen LogP contribution in [0.5, 0.6) is 0 Å². The van der Waals surface area contributed by atoms with Crippen LogP contribution in [0.25, 0.3) is 0 Å². The van der Waals surface area contributed by atoms with Gasteiger partial charge in [-0.15, -0.1) is 0 Å². The molecule has 8 heteroatoms. The maximum absolute atomic E-state index is 13.5. The second-order valence-corrected chi connectivity index (χ2v) is 11.5. The van der Waals surface area contributed by atoms with Crippen LogP contribution in [0.15, 0.2) is 52.9 Å². The van der Waals surface area contributed by atoms with Crippen LogP contribution < -0.4 is 15.1 Å². The van der Waals surface area contributed by atoms with Gasteiger partial charge >= 0.3 is 5.91 Å². The van der Waals surface area contributed by atoms with Crippen LogP contribution in [0.2, 0.25) is 0 Å². The molecule has 2 aromatic carbocycles. The number of anilines is 2. The molecule has 3 heterocycles. The molecule has 2 aliphatic heterocycles. The van der Waals surface area contributed by atoms with Crippen LogP contribution in [0.1, 0.15) is 59.1 Å². The fraction of sp³-hybridized carbons (Fsp3) is 0.387. The van der Waals surface area contributed by atoms with Crippen LogP contribution >= 0.6 is 11.8 Å². The van der Waals surface area contributed by atoms with Crippen molar-refractivity contribution in [3.63, 3.8) is 0 Å². The molecule has 0 spiro atoms. The van der Waals surface area contributed by atoms with Crippen LogP contribution in [-0.2, 0) is 20.8 Å². The van der Waals surface area contributed by atoms with E-state index < -0.39 is 17.1 Å². The predicted octanol–water partition coefficient (Wildman–Crippen LogP) is 5.25. The molecule has 7 nitrogen and oxygen atoms in total. The molecule has 1 aromatic heterocycles. The lowest BCUT2D eigenvalue weighted by molar-refractivity contribution is -0.131. The van der Waals surface area contributed by atoms with Crippen molar-refractivity contribution in [2.24, 2.45) is 0 Å². The van der Waals surface area contributed by atoms with E-state index in [9.17, 15) is 14.4 Å². The molecule has 2 aliphatic rings. The highest BCUT2D eigenvalue weighted by molar-refractivity contribution is 8.15. The van der Waals surface area contributed by atoms with Crippen molar-refractivity contribution in [3.8, 4) is 0 Å². The number of piperidine rings is 1. The molecule has 1 atom stereocenters. The zero-order valence-electron chi connectivity index (χ0n) is 22.8. The Morgan fingerprint density at radius 2 is 1.77 bits per heavy atom. The van der Waals surface area contributed by atoms with Crippen molar-refractivity contribution in [1.82, 2.24) is 5.32 Å². The highest BCUT2D eigenvalue weighted by Crippen LogP contribution is 2.34. The van der Waals surface area contributed by atoms with Gasteiger partial charge in [0.05, 0.1) is 6.42 Å². The molecule has 204 valence electrons. The minimum absolute atomic E-state index is 0.115. The maximum Gasteiger partial charge on any atom is 0.305 e. The first-order valence-electron chi connectivity index (χ1n) is 13.6. The Morgan fingerprint density at radius 1 is 0.974 bits per heavy atom. The van der Waals surface area contributed by atoms with Crippen molar-refractivity contribution in [2.75, 3.05) is 35.2 Å². The number of rotatable bonds is 7. The highest BCUT2D eigenvalue weighted by Gasteiger charge is 2.29. The molecule has 0 saturated carbocycles. The lowest BCUT2D eigenvalue weighted by Crippen LogP contribution is -2.41. The Labute approximate surface area is 233 Å². The first kappa shape index (κ1) is 27.1. The number of carbonyl (C=O) groups is 3. The zero-order valence-corrected chi connectivity index (χ0v) is 23.6. The number of hydrogen-bond donors (Lipinski definition) is 1. The molecule has 2 fully saturated rings. The normalized spacial score (nSPS) is 16.9. The first-order chi connectivity index (χ1) is 18.8. The third-order valence-electron chi connectivity index (χ3n) is 7.50.